The molecule has 0 amide bonds. The lowest BCUT2D eigenvalue weighted by atomic mass is 10.1. The van der Waals surface area contributed by atoms with Crippen LogP contribution in [0, 0.1) is 0 Å². The van der Waals surface area contributed by atoms with Crippen LogP contribution in [0.2, 0.25) is 10.0 Å². The second-order valence-corrected chi connectivity index (χ2v) is 4.56. The van der Waals surface area contributed by atoms with Crippen LogP contribution in [0.4, 0.5) is 0 Å². The van der Waals surface area contributed by atoms with Crippen molar-refractivity contribution < 1.29 is 4.84 Å². The first-order valence-electron chi connectivity index (χ1n) is 5.51. The molecule has 0 fully saturated rings. The molecule has 19 heavy (non-hydrogen) atoms. The van der Waals surface area contributed by atoms with Crippen molar-refractivity contribution in [1.82, 2.24) is 9.97 Å². The number of rotatable bonds is 4. The second kappa shape index (κ2) is 6.50. The van der Waals surface area contributed by atoms with Gasteiger partial charge in [-0.1, -0.05) is 28.4 Å². The number of halogens is 2. The molecule has 1 aromatic heterocycles. The highest BCUT2D eigenvalue weighted by Gasteiger charge is 2.12. The van der Waals surface area contributed by atoms with Gasteiger partial charge < -0.3 is 4.84 Å². The average molecular weight is 296 g/mol. The second-order valence-electron chi connectivity index (χ2n) is 3.72. The largest absolute Gasteiger partial charge is 0.399 e. The van der Waals surface area contributed by atoms with Crippen molar-refractivity contribution in [3.8, 4) is 0 Å². The summed E-state index contributed by atoms with van der Waals surface area (Å²) in [5, 5.41) is 5.14. The van der Waals surface area contributed by atoms with Gasteiger partial charge in [-0.05, 0) is 18.2 Å². The monoisotopic (exact) mass is 295 g/mol. The molecule has 1 heterocycles. The molecule has 0 aliphatic heterocycles. The average Bonchev–Trinajstić information content (AvgIpc) is 2.42. The number of benzene rings is 1. The summed E-state index contributed by atoms with van der Waals surface area (Å²) in [7, 11) is 1.48. The van der Waals surface area contributed by atoms with E-state index < -0.39 is 0 Å². The van der Waals surface area contributed by atoms with Crippen molar-refractivity contribution in [1.29, 1.82) is 0 Å². The number of hydrogen-bond donors (Lipinski definition) is 0. The van der Waals surface area contributed by atoms with Crippen molar-refractivity contribution in [3.63, 3.8) is 0 Å². The Hall–Kier alpha value is -1.65. The maximum absolute atomic E-state index is 6.16. The molecule has 1 aromatic carbocycles. The molecule has 0 aliphatic carbocycles. The summed E-state index contributed by atoms with van der Waals surface area (Å²) in [5.41, 5.74) is 2.14. The normalized spacial score (nSPS) is 11.4. The standard InChI is InChI=1S/C13H11Cl2N3O/c1-19-18-13(7-10-8-16-4-5-17-10)11-6-9(14)2-3-12(11)15/h2-6,8H,7H2,1H3. The van der Waals surface area contributed by atoms with Crippen LogP contribution in [0.5, 0.6) is 0 Å². The fourth-order valence-electron chi connectivity index (χ4n) is 1.60. The molecule has 0 N–H and O–H groups in total. The van der Waals surface area contributed by atoms with Crippen LogP contribution < -0.4 is 0 Å². The Morgan fingerprint density at radius 2 is 2.16 bits per heavy atom. The number of nitrogens with zero attached hydrogens (tertiary/aromatic N) is 3. The minimum atomic E-state index is 0.460. The van der Waals surface area contributed by atoms with Gasteiger partial charge in [-0.3, -0.25) is 9.97 Å². The maximum Gasteiger partial charge on any atom is 0.106 e. The van der Waals surface area contributed by atoms with Gasteiger partial charge in [-0.15, -0.1) is 0 Å². The van der Waals surface area contributed by atoms with Gasteiger partial charge in [0.25, 0.3) is 0 Å². The van der Waals surface area contributed by atoms with E-state index in [1.165, 1.54) is 7.11 Å². The van der Waals surface area contributed by atoms with Gasteiger partial charge in [-0.2, -0.15) is 0 Å². The third-order valence-corrected chi connectivity index (χ3v) is 2.97. The highest BCUT2D eigenvalue weighted by atomic mass is 35.5. The van der Waals surface area contributed by atoms with E-state index in [1.54, 1.807) is 36.8 Å². The predicted octanol–water partition coefficient (Wildman–Crippen LogP) is 3.38. The Bertz CT molecular complexity index is 588. The lowest BCUT2D eigenvalue weighted by Gasteiger charge is -2.08. The maximum atomic E-state index is 6.16. The first-order valence-corrected chi connectivity index (χ1v) is 6.26. The molecular formula is C13H11Cl2N3O. The lowest BCUT2D eigenvalue weighted by Crippen LogP contribution is -2.08. The van der Waals surface area contributed by atoms with Crippen LogP contribution in [0.1, 0.15) is 11.3 Å². The molecule has 6 heteroatoms. The number of hydrogen-bond acceptors (Lipinski definition) is 4. The summed E-state index contributed by atoms with van der Waals surface area (Å²) in [6.07, 6.45) is 5.37. The summed E-state index contributed by atoms with van der Waals surface area (Å²) in [5.74, 6) is 0. The van der Waals surface area contributed by atoms with Gasteiger partial charge in [-0.25, -0.2) is 0 Å². The summed E-state index contributed by atoms with van der Waals surface area (Å²) in [6, 6.07) is 5.19. The van der Waals surface area contributed by atoms with E-state index in [0.29, 0.717) is 22.2 Å². The fourth-order valence-corrected chi connectivity index (χ4v) is 2.00. The highest BCUT2D eigenvalue weighted by molar-refractivity contribution is 6.36. The Kier molecular flexibility index (Phi) is 4.71. The van der Waals surface area contributed by atoms with E-state index >= 15 is 0 Å². The Balaban J connectivity index is 2.36. The lowest BCUT2D eigenvalue weighted by molar-refractivity contribution is 0.213. The molecule has 2 rings (SSSR count). The zero-order valence-electron chi connectivity index (χ0n) is 10.2. The fraction of sp³-hybridized carbons (Fsp3) is 0.154. The van der Waals surface area contributed by atoms with Crippen molar-refractivity contribution in [2.75, 3.05) is 7.11 Å². The van der Waals surface area contributed by atoms with Gasteiger partial charge in [0.1, 0.15) is 7.11 Å². The Morgan fingerprint density at radius 3 is 2.84 bits per heavy atom. The highest BCUT2D eigenvalue weighted by Crippen LogP contribution is 2.22. The van der Waals surface area contributed by atoms with E-state index in [2.05, 4.69) is 15.1 Å². The van der Waals surface area contributed by atoms with Crippen molar-refractivity contribution >= 4 is 28.9 Å². The first-order chi connectivity index (χ1) is 9.20. The number of oxime groups is 1. The van der Waals surface area contributed by atoms with Gasteiger partial charge in [0.2, 0.25) is 0 Å². The first kappa shape index (κ1) is 13.8. The van der Waals surface area contributed by atoms with Gasteiger partial charge in [0.05, 0.1) is 11.4 Å². The van der Waals surface area contributed by atoms with Crippen LogP contribution in [0.25, 0.3) is 0 Å². The Labute approximate surface area is 121 Å². The molecule has 0 saturated carbocycles. The van der Waals surface area contributed by atoms with Crippen molar-refractivity contribution in [2.45, 2.75) is 6.42 Å². The van der Waals surface area contributed by atoms with E-state index in [-0.39, 0.29) is 0 Å². The van der Waals surface area contributed by atoms with Crippen LogP contribution in [0.15, 0.2) is 41.9 Å². The molecular weight excluding hydrogens is 285 g/mol. The summed E-state index contributed by atoms with van der Waals surface area (Å²) >= 11 is 12.1. The molecule has 0 aliphatic rings. The molecule has 0 saturated heterocycles. The van der Waals surface area contributed by atoms with Gasteiger partial charge >= 0.3 is 0 Å². The topological polar surface area (TPSA) is 47.4 Å². The Morgan fingerprint density at radius 1 is 1.32 bits per heavy atom. The molecule has 0 bridgehead atoms. The minimum Gasteiger partial charge on any atom is -0.399 e. The third kappa shape index (κ3) is 3.66. The third-order valence-electron chi connectivity index (χ3n) is 2.41. The summed E-state index contributed by atoms with van der Waals surface area (Å²) < 4.78 is 0. The summed E-state index contributed by atoms with van der Waals surface area (Å²) in [6.45, 7) is 0. The molecule has 0 spiro atoms. The summed E-state index contributed by atoms with van der Waals surface area (Å²) in [4.78, 5) is 13.1. The minimum absolute atomic E-state index is 0.460. The molecule has 98 valence electrons. The quantitative estimate of drug-likeness (QED) is 0.642. The zero-order valence-corrected chi connectivity index (χ0v) is 11.7. The van der Waals surface area contributed by atoms with Crippen LogP contribution in [-0.4, -0.2) is 22.8 Å². The SMILES string of the molecule is CON=C(Cc1cnccn1)c1cc(Cl)ccc1Cl. The predicted molar refractivity (Wildman–Crippen MR) is 75.7 cm³/mol. The van der Waals surface area contributed by atoms with Gasteiger partial charge in [0.15, 0.2) is 0 Å². The van der Waals surface area contributed by atoms with Crippen LogP contribution >= 0.6 is 23.2 Å². The molecule has 4 nitrogen and oxygen atoms in total. The van der Waals surface area contributed by atoms with Gasteiger partial charge in [0, 0.05) is 40.6 Å². The van der Waals surface area contributed by atoms with E-state index in [0.717, 1.165) is 11.3 Å². The van der Waals surface area contributed by atoms with E-state index in [1.807, 2.05) is 0 Å². The molecule has 0 unspecified atom stereocenters. The van der Waals surface area contributed by atoms with Crippen LogP contribution in [0.3, 0.4) is 0 Å². The van der Waals surface area contributed by atoms with Crippen molar-refractivity contribution in [3.05, 3.63) is 58.1 Å². The molecule has 0 radical (unpaired) electrons. The zero-order chi connectivity index (χ0) is 13.7. The number of aromatic nitrogens is 2. The van der Waals surface area contributed by atoms with Crippen molar-refractivity contribution in [2.24, 2.45) is 5.16 Å². The smallest absolute Gasteiger partial charge is 0.106 e. The molecule has 0 atom stereocenters. The van der Waals surface area contributed by atoms with E-state index in [4.69, 9.17) is 28.0 Å². The molecule has 2 aromatic rings. The van der Waals surface area contributed by atoms with Crippen LogP contribution in [-0.2, 0) is 11.3 Å². The van der Waals surface area contributed by atoms with E-state index in [9.17, 15) is 0 Å².